The molecule has 1 saturated heterocycles. The smallest absolute Gasteiger partial charge is 0.339 e. The van der Waals surface area contributed by atoms with E-state index in [2.05, 4.69) is 0 Å². The van der Waals surface area contributed by atoms with Crippen molar-refractivity contribution in [2.75, 3.05) is 33.5 Å². The number of rotatable bonds is 4. The number of hydrogen-bond donors (Lipinski definition) is 0. The van der Waals surface area contributed by atoms with Gasteiger partial charge in [0.25, 0.3) is 0 Å². The molecular weight excluding hydrogens is 205 g/mol. The van der Waals surface area contributed by atoms with Crippen LogP contribution in [0.25, 0.3) is 0 Å². The molecule has 0 aromatic rings. The lowest BCUT2D eigenvalue weighted by Gasteiger charge is -2.18. The van der Waals surface area contributed by atoms with E-state index in [4.69, 9.17) is 9.05 Å². The topological polar surface area (TPSA) is 55.8 Å². The Morgan fingerprint density at radius 2 is 1.79 bits per heavy atom. The van der Waals surface area contributed by atoms with E-state index in [1.807, 2.05) is 0 Å². The summed E-state index contributed by atoms with van der Waals surface area (Å²) in [6.07, 6.45) is 1.89. The second-order valence-corrected chi connectivity index (χ2v) is 5.49. The van der Waals surface area contributed by atoms with Crippen molar-refractivity contribution >= 4 is 13.5 Å². The molecule has 1 amide bonds. The van der Waals surface area contributed by atoms with Gasteiger partial charge in [-0.25, -0.2) is 0 Å². The molecule has 1 rings (SSSR count). The highest BCUT2D eigenvalue weighted by Crippen LogP contribution is 2.46. The zero-order valence-electron chi connectivity index (χ0n) is 8.56. The molecule has 0 unspecified atom stereocenters. The molecule has 0 aliphatic carbocycles. The minimum atomic E-state index is -3.18. The van der Waals surface area contributed by atoms with Gasteiger partial charge >= 0.3 is 7.60 Å². The van der Waals surface area contributed by atoms with E-state index in [9.17, 15) is 9.36 Å². The normalized spacial score (nSPS) is 17.4. The Balaban J connectivity index is 2.50. The number of nitrogens with zero attached hydrogens (tertiary/aromatic N) is 1. The van der Waals surface area contributed by atoms with Crippen LogP contribution in [0.1, 0.15) is 12.8 Å². The lowest BCUT2D eigenvalue weighted by molar-refractivity contribution is -0.127. The van der Waals surface area contributed by atoms with Gasteiger partial charge in [-0.3, -0.25) is 9.36 Å². The summed E-state index contributed by atoms with van der Waals surface area (Å²) >= 11 is 0. The number of hydrogen-bond acceptors (Lipinski definition) is 4. The van der Waals surface area contributed by atoms with Gasteiger partial charge in [0.2, 0.25) is 5.91 Å². The number of amides is 1. The highest BCUT2D eigenvalue weighted by molar-refractivity contribution is 7.54. The standard InChI is InChI=1S/C8H16NO4P/c1-12-14(11,13-2)7-8(10)9-5-3-4-6-9/h3-7H2,1-2H3. The fourth-order valence-electron chi connectivity index (χ4n) is 1.44. The Bertz CT molecular complexity index is 242. The third-order valence-electron chi connectivity index (χ3n) is 2.34. The van der Waals surface area contributed by atoms with Gasteiger partial charge in [0, 0.05) is 27.3 Å². The van der Waals surface area contributed by atoms with E-state index in [0.29, 0.717) is 0 Å². The van der Waals surface area contributed by atoms with E-state index >= 15 is 0 Å². The van der Waals surface area contributed by atoms with Gasteiger partial charge in [-0.05, 0) is 12.8 Å². The molecule has 0 bridgehead atoms. The third-order valence-corrected chi connectivity index (χ3v) is 4.11. The molecule has 0 saturated carbocycles. The average molecular weight is 221 g/mol. The van der Waals surface area contributed by atoms with Crippen LogP contribution in [-0.2, 0) is 18.4 Å². The Morgan fingerprint density at radius 1 is 1.29 bits per heavy atom. The third kappa shape index (κ3) is 2.80. The van der Waals surface area contributed by atoms with E-state index in [0.717, 1.165) is 25.9 Å². The van der Waals surface area contributed by atoms with Crippen molar-refractivity contribution in [1.82, 2.24) is 4.90 Å². The van der Waals surface area contributed by atoms with Crippen LogP contribution in [0.15, 0.2) is 0 Å². The van der Waals surface area contributed by atoms with Crippen LogP contribution in [0, 0.1) is 0 Å². The summed E-state index contributed by atoms with van der Waals surface area (Å²) < 4.78 is 21.0. The summed E-state index contributed by atoms with van der Waals surface area (Å²) in [4.78, 5) is 13.3. The van der Waals surface area contributed by atoms with Crippen LogP contribution in [0.5, 0.6) is 0 Å². The SMILES string of the molecule is COP(=O)(CC(=O)N1CCCC1)OC. The molecule has 6 heteroatoms. The second kappa shape index (κ2) is 4.91. The summed E-state index contributed by atoms with van der Waals surface area (Å²) in [5.41, 5.74) is 0. The molecule has 0 aromatic heterocycles. The predicted octanol–water partition coefficient (Wildman–Crippen LogP) is 1.09. The van der Waals surface area contributed by atoms with Crippen molar-refractivity contribution in [2.24, 2.45) is 0 Å². The van der Waals surface area contributed by atoms with Gasteiger partial charge in [0.1, 0.15) is 6.16 Å². The average Bonchev–Trinajstić information content (AvgIpc) is 2.70. The van der Waals surface area contributed by atoms with Crippen LogP contribution in [0.4, 0.5) is 0 Å². The summed E-state index contributed by atoms with van der Waals surface area (Å²) in [6, 6.07) is 0. The molecule has 5 nitrogen and oxygen atoms in total. The van der Waals surface area contributed by atoms with Crippen LogP contribution < -0.4 is 0 Å². The molecule has 1 fully saturated rings. The monoisotopic (exact) mass is 221 g/mol. The maximum absolute atomic E-state index is 11.6. The van der Waals surface area contributed by atoms with Crippen molar-refractivity contribution in [3.8, 4) is 0 Å². The Morgan fingerprint density at radius 3 is 2.21 bits per heavy atom. The van der Waals surface area contributed by atoms with Crippen LogP contribution in [0.3, 0.4) is 0 Å². The van der Waals surface area contributed by atoms with Crippen molar-refractivity contribution in [3.63, 3.8) is 0 Å². The minimum absolute atomic E-state index is 0.144. The maximum Gasteiger partial charge on any atom is 0.339 e. The minimum Gasteiger partial charge on any atom is -0.342 e. The zero-order valence-corrected chi connectivity index (χ0v) is 9.46. The molecule has 0 N–H and O–H groups in total. The molecule has 1 heterocycles. The summed E-state index contributed by atoms with van der Waals surface area (Å²) in [7, 11) is -0.595. The number of likely N-dealkylation sites (tertiary alicyclic amines) is 1. The van der Waals surface area contributed by atoms with E-state index in [-0.39, 0.29) is 12.1 Å². The lowest BCUT2D eigenvalue weighted by Crippen LogP contribution is -2.30. The molecule has 82 valence electrons. The first-order valence-electron chi connectivity index (χ1n) is 4.59. The number of carbonyl (C=O) groups excluding carboxylic acids is 1. The summed E-state index contributed by atoms with van der Waals surface area (Å²) in [6.45, 7) is 1.51. The van der Waals surface area contributed by atoms with Gasteiger partial charge in [0.05, 0.1) is 0 Å². The lowest BCUT2D eigenvalue weighted by atomic mass is 10.4. The van der Waals surface area contributed by atoms with Gasteiger partial charge in [-0.2, -0.15) is 0 Å². The van der Waals surface area contributed by atoms with Crippen LogP contribution >= 0.6 is 7.60 Å². The first-order chi connectivity index (χ1) is 6.61. The van der Waals surface area contributed by atoms with Crippen molar-refractivity contribution in [3.05, 3.63) is 0 Å². The Hall–Kier alpha value is -0.380. The maximum atomic E-state index is 11.6. The van der Waals surface area contributed by atoms with E-state index in [1.54, 1.807) is 4.90 Å². The Labute approximate surface area is 83.9 Å². The molecule has 0 radical (unpaired) electrons. The first kappa shape index (κ1) is 11.7. The molecule has 0 atom stereocenters. The number of carbonyl (C=O) groups is 1. The van der Waals surface area contributed by atoms with Gasteiger partial charge in [-0.1, -0.05) is 0 Å². The quantitative estimate of drug-likeness (QED) is 0.667. The molecular formula is C8H16NO4P. The Kier molecular flexibility index (Phi) is 4.11. The highest BCUT2D eigenvalue weighted by atomic mass is 31.2. The van der Waals surface area contributed by atoms with Crippen molar-refractivity contribution in [2.45, 2.75) is 12.8 Å². The van der Waals surface area contributed by atoms with E-state index in [1.165, 1.54) is 14.2 Å². The fraction of sp³-hybridized carbons (Fsp3) is 0.875. The summed E-state index contributed by atoms with van der Waals surface area (Å²) in [5.74, 6) is -0.144. The highest BCUT2D eigenvalue weighted by Gasteiger charge is 2.29. The summed E-state index contributed by atoms with van der Waals surface area (Å²) in [5, 5.41) is 0. The fourth-order valence-corrected chi connectivity index (χ4v) is 2.37. The van der Waals surface area contributed by atoms with Crippen molar-refractivity contribution in [1.29, 1.82) is 0 Å². The molecule has 1 aliphatic rings. The first-order valence-corrected chi connectivity index (χ1v) is 6.32. The van der Waals surface area contributed by atoms with Gasteiger partial charge in [0.15, 0.2) is 0 Å². The zero-order chi connectivity index (χ0) is 10.6. The van der Waals surface area contributed by atoms with Gasteiger partial charge < -0.3 is 13.9 Å². The largest absolute Gasteiger partial charge is 0.342 e. The molecule has 1 aliphatic heterocycles. The van der Waals surface area contributed by atoms with E-state index < -0.39 is 7.60 Å². The second-order valence-electron chi connectivity index (χ2n) is 3.22. The molecule has 0 spiro atoms. The van der Waals surface area contributed by atoms with Crippen LogP contribution in [0.2, 0.25) is 0 Å². The van der Waals surface area contributed by atoms with Crippen LogP contribution in [-0.4, -0.2) is 44.3 Å². The molecule has 0 aromatic carbocycles. The van der Waals surface area contributed by atoms with Crippen molar-refractivity contribution < 1.29 is 18.4 Å². The molecule has 14 heavy (non-hydrogen) atoms. The predicted molar refractivity (Wildman–Crippen MR) is 52.3 cm³/mol. The van der Waals surface area contributed by atoms with Gasteiger partial charge in [-0.15, -0.1) is 0 Å².